The Labute approximate surface area is 202 Å². The Balaban J connectivity index is 1.63. The van der Waals surface area contributed by atoms with E-state index in [4.69, 9.17) is 0 Å². The number of hydrogen-bond acceptors (Lipinski definition) is 6. The predicted molar refractivity (Wildman–Crippen MR) is 135 cm³/mol. The first-order valence-electron chi connectivity index (χ1n) is 12.2. The molecule has 0 unspecified atom stereocenters. The second-order valence-corrected chi connectivity index (χ2v) is 11.0. The van der Waals surface area contributed by atoms with Gasteiger partial charge in [0.05, 0.1) is 22.3 Å². The molecular formula is C25H35N5O3S. The second-order valence-electron chi connectivity index (χ2n) is 9.37. The number of piperazine rings is 1. The van der Waals surface area contributed by atoms with Crippen LogP contribution in [0.15, 0.2) is 35.4 Å². The fourth-order valence-electron chi connectivity index (χ4n) is 4.81. The normalized spacial score (nSPS) is 17.8. The molecule has 9 heteroatoms. The Hall–Kier alpha value is -2.65. The average Bonchev–Trinajstić information content (AvgIpc) is 3.07. The average molecular weight is 486 g/mol. The van der Waals surface area contributed by atoms with Crippen molar-refractivity contribution in [3.63, 3.8) is 0 Å². The van der Waals surface area contributed by atoms with Crippen molar-refractivity contribution in [1.82, 2.24) is 15.6 Å². The molecule has 1 amide bonds. The lowest BCUT2D eigenvalue weighted by atomic mass is 10.1. The van der Waals surface area contributed by atoms with E-state index in [2.05, 4.69) is 25.2 Å². The van der Waals surface area contributed by atoms with Gasteiger partial charge in [-0.3, -0.25) is 9.52 Å². The van der Waals surface area contributed by atoms with Crippen LogP contribution < -0.4 is 20.3 Å². The molecule has 0 spiro atoms. The summed E-state index contributed by atoms with van der Waals surface area (Å²) < 4.78 is 28.8. The highest BCUT2D eigenvalue weighted by Gasteiger charge is 2.25. The van der Waals surface area contributed by atoms with Gasteiger partial charge in [-0.25, -0.2) is 13.4 Å². The highest BCUT2D eigenvalue weighted by molar-refractivity contribution is 7.92. The van der Waals surface area contributed by atoms with Crippen LogP contribution in [0.1, 0.15) is 60.0 Å². The number of hydrogen-bond donors (Lipinski definition) is 3. The molecule has 8 nitrogen and oxygen atoms in total. The van der Waals surface area contributed by atoms with Gasteiger partial charge in [0, 0.05) is 32.2 Å². The van der Waals surface area contributed by atoms with E-state index in [9.17, 15) is 13.2 Å². The van der Waals surface area contributed by atoms with Crippen molar-refractivity contribution in [2.45, 2.75) is 63.3 Å². The van der Waals surface area contributed by atoms with Crippen LogP contribution in [0.25, 0.3) is 0 Å². The van der Waals surface area contributed by atoms with E-state index < -0.39 is 10.0 Å². The first kappa shape index (κ1) is 24.5. The number of carbonyl (C=O) groups is 1. The Kier molecular flexibility index (Phi) is 7.73. The molecule has 1 aliphatic carbocycles. The van der Waals surface area contributed by atoms with Crippen LogP contribution in [0.3, 0.4) is 0 Å². The number of amides is 1. The lowest BCUT2D eigenvalue weighted by Gasteiger charge is -2.30. The number of pyridine rings is 1. The van der Waals surface area contributed by atoms with Crippen molar-refractivity contribution in [2.24, 2.45) is 0 Å². The molecule has 1 aromatic carbocycles. The third-order valence-corrected chi connectivity index (χ3v) is 8.13. The van der Waals surface area contributed by atoms with Crippen LogP contribution in [0.2, 0.25) is 0 Å². The summed E-state index contributed by atoms with van der Waals surface area (Å²) >= 11 is 0. The fourth-order valence-corrected chi connectivity index (χ4v) is 6.07. The van der Waals surface area contributed by atoms with Gasteiger partial charge < -0.3 is 15.5 Å². The van der Waals surface area contributed by atoms with Crippen molar-refractivity contribution in [1.29, 1.82) is 0 Å². The third-order valence-electron chi connectivity index (χ3n) is 6.59. The molecule has 34 heavy (non-hydrogen) atoms. The van der Waals surface area contributed by atoms with Crippen LogP contribution in [-0.2, 0) is 10.0 Å². The molecular weight excluding hydrogens is 450 g/mol. The molecule has 0 radical (unpaired) electrons. The number of rotatable bonds is 6. The van der Waals surface area contributed by atoms with Gasteiger partial charge in [-0.1, -0.05) is 43.4 Å². The van der Waals surface area contributed by atoms with Crippen molar-refractivity contribution in [2.75, 3.05) is 35.8 Å². The standard InChI is InChI=1S/C25H35N5O3S/c1-18-9-10-23(19(2)15-18)34(32,33)29-21-16-22(24(27-17-21)30-13-11-26-12-14-30)25(31)28-20-7-5-3-4-6-8-20/h9-10,15-17,20,26,29H,3-8,11-14H2,1-2H3,(H,28,31). The molecule has 1 saturated heterocycles. The number of carbonyl (C=O) groups excluding carboxylic acids is 1. The first-order valence-corrected chi connectivity index (χ1v) is 13.7. The maximum absolute atomic E-state index is 13.4. The molecule has 0 bridgehead atoms. The minimum atomic E-state index is -3.82. The van der Waals surface area contributed by atoms with Gasteiger partial charge in [0.25, 0.3) is 15.9 Å². The van der Waals surface area contributed by atoms with Gasteiger partial charge in [-0.15, -0.1) is 0 Å². The molecule has 1 saturated carbocycles. The number of nitrogens with one attached hydrogen (secondary N) is 3. The number of aromatic nitrogens is 1. The highest BCUT2D eigenvalue weighted by atomic mass is 32.2. The van der Waals surface area contributed by atoms with Gasteiger partial charge in [-0.2, -0.15) is 0 Å². The Morgan fingerprint density at radius 1 is 1.06 bits per heavy atom. The topological polar surface area (TPSA) is 103 Å². The number of nitrogens with zero attached hydrogens (tertiary/aromatic N) is 2. The van der Waals surface area contributed by atoms with E-state index in [0.717, 1.165) is 57.4 Å². The predicted octanol–water partition coefficient (Wildman–Crippen LogP) is 3.36. The smallest absolute Gasteiger partial charge is 0.262 e. The molecule has 2 heterocycles. The maximum Gasteiger partial charge on any atom is 0.262 e. The Bertz CT molecular complexity index is 1120. The lowest BCUT2D eigenvalue weighted by molar-refractivity contribution is 0.0933. The first-order chi connectivity index (χ1) is 16.3. The number of aryl methyl sites for hydroxylation is 2. The summed E-state index contributed by atoms with van der Waals surface area (Å²) in [7, 11) is -3.82. The molecule has 184 valence electrons. The van der Waals surface area contributed by atoms with Crippen molar-refractivity contribution in [3.8, 4) is 0 Å². The van der Waals surface area contributed by atoms with Gasteiger partial charge in [-0.05, 0) is 44.4 Å². The van der Waals surface area contributed by atoms with Gasteiger partial charge in [0.15, 0.2) is 0 Å². The fraction of sp³-hybridized carbons (Fsp3) is 0.520. The second kappa shape index (κ2) is 10.7. The van der Waals surface area contributed by atoms with Crippen molar-refractivity contribution < 1.29 is 13.2 Å². The molecule has 1 aromatic heterocycles. The van der Waals surface area contributed by atoms with Gasteiger partial charge >= 0.3 is 0 Å². The summed E-state index contributed by atoms with van der Waals surface area (Å²) in [4.78, 5) is 20.3. The zero-order valence-corrected chi connectivity index (χ0v) is 20.9. The Morgan fingerprint density at radius 3 is 2.44 bits per heavy atom. The third kappa shape index (κ3) is 5.88. The largest absolute Gasteiger partial charge is 0.353 e. The highest BCUT2D eigenvalue weighted by Crippen LogP contribution is 2.26. The van der Waals surface area contributed by atoms with Crippen LogP contribution in [0, 0.1) is 13.8 Å². The summed E-state index contributed by atoms with van der Waals surface area (Å²) in [5.74, 6) is 0.405. The molecule has 1 aliphatic heterocycles. The summed E-state index contributed by atoms with van der Waals surface area (Å²) in [5.41, 5.74) is 2.36. The van der Waals surface area contributed by atoms with Crippen LogP contribution >= 0.6 is 0 Å². The molecule has 0 atom stereocenters. The quantitative estimate of drug-likeness (QED) is 0.542. The number of anilines is 2. The van der Waals surface area contributed by atoms with Crippen LogP contribution in [0.5, 0.6) is 0 Å². The van der Waals surface area contributed by atoms with Crippen LogP contribution in [0.4, 0.5) is 11.5 Å². The minimum Gasteiger partial charge on any atom is -0.353 e. The van der Waals surface area contributed by atoms with Crippen molar-refractivity contribution in [3.05, 3.63) is 47.2 Å². The number of benzene rings is 1. The molecule has 2 aliphatic rings. The molecule has 2 fully saturated rings. The molecule has 2 aromatic rings. The summed E-state index contributed by atoms with van der Waals surface area (Å²) in [6.07, 6.45) is 8.08. The van der Waals surface area contributed by atoms with Crippen molar-refractivity contribution >= 4 is 27.4 Å². The summed E-state index contributed by atoms with van der Waals surface area (Å²) in [6, 6.07) is 6.98. The van der Waals surface area contributed by atoms with E-state index >= 15 is 0 Å². The minimum absolute atomic E-state index is 0.140. The van der Waals surface area contributed by atoms with E-state index in [-0.39, 0.29) is 22.5 Å². The van der Waals surface area contributed by atoms with Gasteiger partial charge in [0.1, 0.15) is 5.82 Å². The van der Waals surface area contributed by atoms with Gasteiger partial charge in [0.2, 0.25) is 0 Å². The zero-order valence-electron chi connectivity index (χ0n) is 20.1. The summed E-state index contributed by atoms with van der Waals surface area (Å²) in [6.45, 7) is 6.81. The molecule has 3 N–H and O–H groups in total. The molecule has 4 rings (SSSR count). The zero-order chi connectivity index (χ0) is 24.1. The Morgan fingerprint density at radius 2 is 1.76 bits per heavy atom. The van der Waals surface area contributed by atoms with Crippen LogP contribution in [-0.4, -0.2) is 51.5 Å². The van der Waals surface area contributed by atoms with E-state index in [1.54, 1.807) is 25.1 Å². The number of sulfonamides is 1. The van der Waals surface area contributed by atoms with E-state index in [0.29, 0.717) is 16.9 Å². The monoisotopic (exact) mass is 485 g/mol. The maximum atomic E-state index is 13.4. The lowest BCUT2D eigenvalue weighted by Crippen LogP contribution is -2.45. The summed E-state index contributed by atoms with van der Waals surface area (Å²) in [5, 5.41) is 6.51. The SMILES string of the molecule is Cc1ccc(S(=O)(=O)Nc2cnc(N3CCNCC3)c(C(=O)NC3CCCCCC3)c2)c(C)c1. The van der Waals surface area contributed by atoms with E-state index in [1.165, 1.54) is 19.0 Å². The van der Waals surface area contributed by atoms with E-state index in [1.807, 2.05) is 13.0 Å².